The molecule has 10 heteroatoms. The molecule has 0 bridgehead atoms. The molecule has 3 rings (SSSR count). The second kappa shape index (κ2) is 13.3. The van der Waals surface area contributed by atoms with Crippen molar-refractivity contribution in [3.8, 4) is 5.75 Å². The van der Waals surface area contributed by atoms with E-state index in [4.69, 9.17) is 9.47 Å². The Morgan fingerprint density at radius 2 is 1.65 bits per heavy atom. The zero-order valence-corrected chi connectivity index (χ0v) is 22.8. The van der Waals surface area contributed by atoms with E-state index in [0.717, 1.165) is 31.2 Å². The zero-order chi connectivity index (χ0) is 27.0. The topological polar surface area (TPSA) is 88.2 Å². The third kappa shape index (κ3) is 7.98. The molecular weight excluding hydrogens is 497 g/mol. The van der Waals surface area contributed by atoms with Gasteiger partial charge in [0.1, 0.15) is 18.2 Å². The van der Waals surface area contributed by atoms with Gasteiger partial charge in [0, 0.05) is 25.7 Å². The molecule has 0 spiro atoms. The largest absolute Gasteiger partial charge is 0.497 e. The number of carbonyl (C=O) groups is 1. The SMILES string of the molecule is COc1ccc(S(=O)(=O)N(C)CCOCC(=O)NC2CCC(C(c3ccc(F)cc3)N(C)C)CC2)cc1. The first kappa shape index (κ1) is 29.0. The number of nitrogens with one attached hydrogen (secondary N) is 1. The molecule has 2 aromatic rings. The second-order valence-electron chi connectivity index (χ2n) is 9.69. The van der Waals surface area contributed by atoms with E-state index >= 15 is 0 Å². The van der Waals surface area contributed by atoms with E-state index in [-0.39, 0.29) is 48.5 Å². The minimum atomic E-state index is -3.65. The lowest BCUT2D eigenvalue weighted by Gasteiger charge is -2.37. The van der Waals surface area contributed by atoms with Crippen molar-refractivity contribution in [2.75, 3.05) is 48.0 Å². The summed E-state index contributed by atoms with van der Waals surface area (Å²) in [7, 11) is 3.43. The van der Waals surface area contributed by atoms with Crippen LogP contribution in [0.1, 0.15) is 37.3 Å². The molecule has 0 heterocycles. The highest BCUT2D eigenvalue weighted by molar-refractivity contribution is 7.89. The fourth-order valence-corrected chi connectivity index (χ4v) is 6.06. The molecule has 8 nitrogen and oxygen atoms in total. The van der Waals surface area contributed by atoms with Gasteiger partial charge in [-0.1, -0.05) is 12.1 Å². The van der Waals surface area contributed by atoms with Crippen molar-refractivity contribution in [2.24, 2.45) is 5.92 Å². The lowest BCUT2D eigenvalue weighted by atomic mass is 9.78. The molecule has 1 fully saturated rings. The molecule has 2 aromatic carbocycles. The molecule has 37 heavy (non-hydrogen) atoms. The maximum atomic E-state index is 13.4. The standard InChI is InChI=1S/C27H38FN3O5S/c1-30(2)27(20-5-9-22(28)10-6-20)21-7-11-23(12-8-21)29-26(32)19-36-18-17-31(3)37(33,34)25-15-13-24(35-4)14-16-25/h5-6,9-10,13-16,21,23,27H,7-8,11-12,17-19H2,1-4H3,(H,29,32). The van der Waals surface area contributed by atoms with Crippen LogP contribution in [-0.2, 0) is 19.6 Å². The molecule has 204 valence electrons. The van der Waals surface area contributed by atoms with E-state index in [2.05, 4.69) is 10.2 Å². The predicted octanol–water partition coefficient (Wildman–Crippen LogP) is 3.45. The Morgan fingerprint density at radius 1 is 1.03 bits per heavy atom. The van der Waals surface area contributed by atoms with Crippen LogP contribution < -0.4 is 10.1 Å². The molecule has 1 saturated carbocycles. The van der Waals surface area contributed by atoms with E-state index in [1.807, 2.05) is 26.2 Å². The van der Waals surface area contributed by atoms with E-state index in [1.165, 1.54) is 42.7 Å². The Hall–Kier alpha value is -2.53. The van der Waals surface area contributed by atoms with Crippen LogP contribution in [0.25, 0.3) is 0 Å². The van der Waals surface area contributed by atoms with Gasteiger partial charge in [0.05, 0.1) is 18.6 Å². The molecule has 0 aromatic heterocycles. The first-order chi connectivity index (χ1) is 17.6. The molecule has 1 amide bonds. The number of likely N-dealkylation sites (N-methyl/N-ethyl adjacent to an activating group) is 1. The molecule has 0 aliphatic heterocycles. The number of rotatable bonds is 12. The Labute approximate surface area is 219 Å². The number of amides is 1. The van der Waals surface area contributed by atoms with E-state index in [9.17, 15) is 17.6 Å². The highest BCUT2D eigenvalue weighted by Crippen LogP contribution is 2.37. The summed E-state index contributed by atoms with van der Waals surface area (Å²) in [6, 6.07) is 13.2. The molecule has 0 saturated heterocycles. The van der Waals surface area contributed by atoms with Crippen LogP contribution in [0.2, 0.25) is 0 Å². The molecule has 1 aliphatic rings. The summed E-state index contributed by atoms with van der Waals surface area (Å²) in [6.07, 6.45) is 3.65. The normalized spacial score (nSPS) is 19.1. The summed E-state index contributed by atoms with van der Waals surface area (Å²) in [5, 5.41) is 3.04. The van der Waals surface area contributed by atoms with Gasteiger partial charge in [-0.25, -0.2) is 12.8 Å². The van der Waals surface area contributed by atoms with Crippen LogP contribution in [0.4, 0.5) is 4.39 Å². The maximum absolute atomic E-state index is 13.4. The second-order valence-corrected chi connectivity index (χ2v) is 11.7. The summed E-state index contributed by atoms with van der Waals surface area (Å²) in [5.74, 6) is 0.565. The number of benzene rings is 2. The number of hydrogen-bond donors (Lipinski definition) is 1. The number of ether oxygens (including phenoxy) is 2. The summed E-state index contributed by atoms with van der Waals surface area (Å²) in [6.45, 7) is 0.114. The number of carbonyl (C=O) groups excluding carboxylic acids is 1. The average Bonchev–Trinajstić information content (AvgIpc) is 2.88. The van der Waals surface area contributed by atoms with E-state index < -0.39 is 10.0 Å². The number of nitrogens with zero attached hydrogens (tertiary/aromatic N) is 2. The Balaban J connectivity index is 1.39. The van der Waals surface area contributed by atoms with Gasteiger partial charge in [-0.3, -0.25) is 4.79 Å². The quantitative estimate of drug-likeness (QED) is 0.419. The fraction of sp³-hybridized carbons (Fsp3) is 0.519. The van der Waals surface area contributed by atoms with Crippen molar-refractivity contribution in [3.05, 3.63) is 59.9 Å². The number of halogens is 1. The number of methoxy groups -OCH3 is 1. The summed E-state index contributed by atoms with van der Waals surface area (Å²) >= 11 is 0. The highest BCUT2D eigenvalue weighted by atomic mass is 32.2. The van der Waals surface area contributed by atoms with Crippen LogP contribution in [0.5, 0.6) is 5.75 Å². The van der Waals surface area contributed by atoms with Gasteiger partial charge in [-0.15, -0.1) is 0 Å². The monoisotopic (exact) mass is 535 g/mol. The first-order valence-corrected chi connectivity index (χ1v) is 13.9. The molecule has 1 aliphatic carbocycles. The minimum Gasteiger partial charge on any atom is -0.497 e. The molecule has 0 radical (unpaired) electrons. The van der Waals surface area contributed by atoms with Crippen LogP contribution in [0, 0.1) is 11.7 Å². The van der Waals surface area contributed by atoms with Crippen molar-refractivity contribution in [1.29, 1.82) is 0 Å². The highest BCUT2D eigenvalue weighted by Gasteiger charge is 2.30. The number of hydrogen-bond acceptors (Lipinski definition) is 6. The third-order valence-corrected chi connectivity index (χ3v) is 8.77. The summed E-state index contributed by atoms with van der Waals surface area (Å²) < 4.78 is 50.4. The van der Waals surface area contributed by atoms with Gasteiger partial charge >= 0.3 is 0 Å². The summed E-state index contributed by atoms with van der Waals surface area (Å²) in [5.41, 5.74) is 1.10. The van der Waals surface area contributed by atoms with Gasteiger partial charge in [-0.05, 0) is 87.7 Å². The van der Waals surface area contributed by atoms with E-state index in [0.29, 0.717) is 11.7 Å². The van der Waals surface area contributed by atoms with Crippen LogP contribution in [0.15, 0.2) is 53.4 Å². The third-order valence-electron chi connectivity index (χ3n) is 6.90. The van der Waals surface area contributed by atoms with Crippen molar-refractivity contribution >= 4 is 15.9 Å². The van der Waals surface area contributed by atoms with Crippen LogP contribution in [-0.4, -0.2) is 77.6 Å². The smallest absolute Gasteiger partial charge is 0.246 e. The minimum absolute atomic E-state index is 0.0847. The first-order valence-electron chi connectivity index (χ1n) is 12.5. The molecule has 1 unspecified atom stereocenters. The zero-order valence-electron chi connectivity index (χ0n) is 22.0. The molecule has 1 atom stereocenters. The van der Waals surface area contributed by atoms with Crippen molar-refractivity contribution in [2.45, 2.75) is 42.7 Å². The fourth-order valence-electron chi connectivity index (χ4n) is 4.91. The van der Waals surface area contributed by atoms with Gasteiger partial charge in [0.2, 0.25) is 15.9 Å². The van der Waals surface area contributed by atoms with Gasteiger partial charge in [0.15, 0.2) is 0 Å². The van der Waals surface area contributed by atoms with Gasteiger partial charge < -0.3 is 19.7 Å². The van der Waals surface area contributed by atoms with Crippen LogP contribution >= 0.6 is 0 Å². The lowest BCUT2D eigenvalue weighted by Crippen LogP contribution is -2.41. The molecule has 1 N–H and O–H groups in total. The van der Waals surface area contributed by atoms with E-state index in [1.54, 1.807) is 12.1 Å². The lowest BCUT2D eigenvalue weighted by molar-refractivity contribution is -0.126. The van der Waals surface area contributed by atoms with Crippen molar-refractivity contribution in [1.82, 2.24) is 14.5 Å². The Kier molecular flexibility index (Phi) is 10.5. The maximum Gasteiger partial charge on any atom is 0.246 e. The van der Waals surface area contributed by atoms with Gasteiger partial charge in [-0.2, -0.15) is 4.31 Å². The van der Waals surface area contributed by atoms with Crippen LogP contribution in [0.3, 0.4) is 0 Å². The van der Waals surface area contributed by atoms with Gasteiger partial charge in [0.25, 0.3) is 0 Å². The molecular formula is C27H38FN3O5S. The van der Waals surface area contributed by atoms with Crippen molar-refractivity contribution in [3.63, 3.8) is 0 Å². The van der Waals surface area contributed by atoms with Crippen molar-refractivity contribution < 1.29 is 27.1 Å². The predicted molar refractivity (Wildman–Crippen MR) is 140 cm³/mol. The average molecular weight is 536 g/mol. The Bertz CT molecular complexity index is 1100. The summed E-state index contributed by atoms with van der Waals surface area (Å²) in [4.78, 5) is 14.7. The Morgan fingerprint density at radius 3 is 2.22 bits per heavy atom. The number of sulfonamides is 1.